The van der Waals surface area contributed by atoms with Crippen LogP contribution in [0.15, 0.2) is 35.5 Å². The molecule has 4 rings (SSSR count). The third kappa shape index (κ3) is 3.69. The fraction of sp³-hybridized carbons (Fsp3) is 0.733. The van der Waals surface area contributed by atoms with Crippen molar-refractivity contribution in [2.24, 2.45) is 45.8 Å². The van der Waals surface area contributed by atoms with Crippen LogP contribution in [0.5, 0.6) is 0 Å². The number of ketones is 1. The van der Waals surface area contributed by atoms with Crippen molar-refractivity contribution in [1.29, 1.82) is 0 Å². The average Bonchev–Trinajstić information content (AvgIpc) is 3.06. The SMILES string of the molecule is C=C1[C@@H]([C@H](C)CC/C=C(\C)C(=O)O)CC[C@@]2(C)[C@@H]3CC[C@H]4C(C)(C)C(=O)CC[C@]4(C)C3=C[C@@H]12. The fourth-order valence-corrected chi connectivity index (χ4v) is 8.59. The number of fused-ring (bicyclic) bond motifs is 5. The van der Waals surface area contributed by atoms with Gasteiger partial charge in [0.15, 0.2) is 0 Å². The lowest BCUT2D eigenvalue weighted by Gasteiger charge is -2.57. The summed E-state index contributed by atoms with van der Waals surface area (Å²) in [5.74, 6) is 2.16. The Morgan fingerprint density at radius 2 is 1.91 bits per heavy atom. The van der Waals surface area contributed by atoms with Crippen molar-refractivity contribution in [2.45, 2.75) is 92.9 Å². The van der Waals surface area contributed by atoms with E-state index >= 15 is 0 Å². The van der Waals surface area contributed by atoms with Crippen molar-refractivity contribution < 1.29 is 14.7 Å². The van der Waals surface area contributed by atoms with Crippen molar-refractivity contribution in [3.05, 3.63) is 35.5 Å². The Morgan fingerprint density at radius 3 is 2.58 bits per heavy atom. The van der Waals surface area contributed by atoms with Crippen LogP contribution in [-0.4, -0.2) is 16.9 Å². The molecule has 0 amide bonds. The zero-order chi connectivity index (χ0) is 24.3. The van der Waals surface area contributed by atoms with Crippen molar-refractivity contribution in [3.63, 3.8) is 0 Å². The number of carboxylic acid groups (broad SMARTS) is 1. The van der Waals surface area contributed by atoms with Crippen molar-refractivity contribution >= 4 is 11.8 Å². The molecule has 0 bridgehead atoms. The summed E-state index contributed by atoms with van der Waals surface area (Å²) in [5, 5.41) is 9.11. The van der Waals surface area contributed by atoms with Crippen LogP contribution >= 0.6 is 0 Å². The number of carbonyl (C=O) groups excluding carboxylic acids is 1. The average molecular weight is 453 g/mol. The molecule has 3 heteroatoms. The highest BCUT2D eigenvalue weighted by molar-refractivity contribution is 5.86. The molecule has 0 spiro atoms. The number of carboxylic acids is 1. The Hall–Kier alpha value is -1.64. The van der Waals surface area contributed by atoms with E-state index in [-0.39, 0.29) is 16.2 Å². The van der Waals surface area contributed by atoms with Crippen LogP contribution in [0.25, 0.3) is 0 Å². The number of aliphatic carboxylic acids is 1. The molecule has 4 aliphatic rings. The van der Waals surface area contributed by atoms with Gasteiger partial charge >= 0.3 is 5.97 Å². The molecular weight excluding hydrogens is 408 g/mol. The smallest absolute Gasteiger partial charge is 0.330 e. The Kier molecular flexibility index (Phi) is 6.11. The molecule has 4 aliphatic carbocycles. The summed E-state index contributed by atoms with van der Waals surface area (Å²) in [5.41, 5.74) is 3.69. The van der Waals surface area contributed by atoms with Crippen LogP contribution < -0.4 is 0 Å². The minimum atomic E-state index is -0.819. The van der Waals surface area contributed by atoms with Gasteiger partial charge in [-0.05, 0) is 86.4 Å². The van der Waals surface area contributed by atoms with E-state index in [0.29, 0.717) is 40.9 Å². The summed E-state index contributed by atoms with van der Waals surface area (Å²) in [4.78, 5) is 23.9. The van der Waals surface area contributed by atoms with Gasteiger partial charge in [0.25, 0.3) is 0 Å². The van der Waals surface area contributed by atoms with Gasteiger partial charge in [0.1, 0.15) is 5.78 Å². The van der Waals surface area contributed by atoms with Crippen molar-refractivity contribution in [3.8, 4) is 0 Å². The first kappa shape index (κ1) is 24.5. The van der Waals surface area contributed by atoms with E-state index in [1.807, 2.05) is 6.08 Å². The molecule has 3 saturated carbocycles. The normalized spacial score (nSPS) is 41.0. The minimum absolute atomic E-state index is 0.140. The summed E-state index contributed by atoms with van der Waals surface area (Å²) in [6.07, 6.45) is 12.9. The second-order valence-corrected chi connectivity index (χ2v) is 12.8. The largest absolute Gasteiger partial charge is 0.478 e. The van der Waals surface area contributed by atoms with Gasteiger partial charge in [-0.15, -0.1) is 0 Å². The number of rotatable bonds is 5. The molecule has 1 N–H and O–H groups in total. The standard InChI is InChI=1S/C30H44O3/c1-18(9-8-10-19(2)27(32)33)21-13-15-29(6)22-11-12-25-28(4,5)26(31)14-16-30(25,7)24(22)17-23(29)20(21)3/h10,17-18,21-23,25H,3,8-9,11-16H2,1-2,4-7H3,(H,32,33)/b19-10+/t18-,21-,22-,23+,25+,29+,30-/m1/s1. The summed E-state index contributed by atoms with van der Waals surface area (Å²) >= 11 is 0. The van der Waals surface area contributed by atoms with Crippen molar-refractivity contribution in [1.82, 2.24) is 0 Å². The van der Waals surface area contributed by atoms with E-state index in [9.17, 15) is 9.59 Å². The lowest BCUT2D eigenvalue weighted by Crippen LogP contribution is -2.52. The number of hydrogen-bond acceptors (Lipinski definition) is 2. The van der Waals surface area contributed by atoms with E-state index in [0.717, 1.165) is 25.7 Å². The van der Waals surface area contributed by atoms with E-state index in [2.05, 4.69) is 40.7 Å². The number of allylic oxidation sites excluding steroid dienone is 4. The van der Waals surface area contributed by atoms with Gasteiger partial charge in [0.05, 0.1) is 0 Å². The Bertz CT molecular complexity index is 921. The number of Topliss-reactive ketones (excluding diaryl/α,β-unsaturated/α-hetero) is 1. The molecule has 0 aromatic carbocycles. The first-order valence-electron chi connectivity index (χ1n) is 13.2. The Balaban J connectivity index is 1.56. The third-order valence-electron chi connectivity index (χ3n) is 10.8. The maximum atomic E-state index is 12.8. The second kappa shape index (κ2) is 8.24. The lowest BCUT2D eigenvalue weighted by molar-refractivity contribution is -0.140. The van der Waals surface area contributed by atoms with E-state index < -0.39 is 5.97 Å². The Morgan fingerprint density at radius 1 is 1.21 bits per heavy atom. The molecule has 33 heavy (non-hydrogen) atoms. The van der Waals surface area contributed by atoms with E-state index in [1.54, 1.807) is 12.5 Å². The molecule has 0 saturated heterocycles. The number of carbonyl (C=O) groups is 2. The lowest BCUT2D eigenvalue weighted by atomic mass is 9.46. The van der Waals surface area contributed by atoms with Crippen LogP contribution in [-0.2, 0) is 9.59 Å². The highest BCUT2D eigenvalue weighted by atomic mass is 16.4. The molecular formula is C30H44O3. The highest BCUT2D eigenvalue weighted by Crippen LogP contribution is 2.69. The van der Waals surface area contributed by atoms with Crippen LogP contribution in [0.4, 0.5) is 0 Å². The molecule has 0 aliphatic heterocycles. The molecule has 0 heterocycles. The minimum Gasteiger partial charge on any atom is -0.478 e. The molecule has 0 aromatic rings. The second-order valence-electron chi connectivity index (χ2n) is 12.8. The van der Waals surface area contributed by atoms with Crippen LogP contribution in [0.1, 0.15) is 92.9 Å². The molecule has 0 radical (unpaired) electrons. The Labute approximate surface area is 200 Å². The molecule has 3 nitrogen and oxygen atoms in total. The van der Waals surface area contributed by atoms with E-state index in [4.69, 9.17) is 11.7 Å². The maximum absolute atomic E-state index is 12.8. The molecule has 182 valence electrons. The topological polar surface area (TPSA) is 54.4 Å². The first-order valence-corrected chi connectivity index (χ1v) is 13.2. The summed E-state index contributed by atoms with van der Waals surface area (Å²) < 4.78 is 0. The van der Waals surface area contributed by atoms with Gasteiger partial charge in [-0.1, -0.05) is 64.5 Å². The monoisotopic (exact) mass is 452 g/mol. The van der Waals surface area contributed by atoms with E-state index in [1.165, 1.54) is 31.3 Å². The zero-order valence-corrected chi connectivity index (χ0v) is 21.7. The van der Waals surface area contributed by atoms with Gasteiger partial charge in [0, 0.05) is 23.3 Å². The predicted octanol–water partition coefficient (Wildman–Crippen LogP) is 7.38. The molecule has 0 aromatic heterocycles. The van der Waals surface area contributed by atoms with Crippen LogP contribution in [0.2, 0.25) is 0 Å². The van der Waals surface area contributed by atoms with Crippen molar-refractivity contribution in [2.75, 3.05) is 0 Å². The third-order valence-corrected chi connectivity index (χ3v) is 10.8. The van der Waals surface area contributed by atoms with Gasteiger partial charge in [0.2, 0.25) is 0 Å². The highest BCUT2D eigenvalue weighted by Gasteiger charge is 2.62. The number of hydrogen-bond donors (Lipinski definition) is 1. The van der Waals surface area contributed by atoms with Gasteiger partial charge < -0.3 is 5.11 Å². The quantitative estimate of drug-likeness (QED) is 0.349. The van der Waals surface area contributed by atoms with Gasteiger partial charge in [-0.2, -0.15) is 0 Å². The first-order chi connectivity index (χ1) is 15.3. The summed E-state index contributed by atoms with van der Waals surface area (Å²) in [6.45, 7) is 18.1. The molecule has 7 atom stereocenters. The zero-order valence-electron chi connectivity index (χ0n) is 21.7. The molecule has 3 fully saturated rings. The van der Waals surface area contributed by atoms with Gasteiger partial charge in [-0.3, -0.25) is 4.79 Å². The van der Waals surface area contributed by atoms with Crippen LogP contribution in [0.3, 0.4) is 0 Å². The molecule has 0 unspecified atom stereocenters. The van der Waals surface area contributed by atoms with Gasteiger partial charge in [-0.25, -0.2) is 4.79 Å². The summed E-state index contributed by atoms with van der Waals surface area (Å²) in [7, 11) is 0. The maximum Gasteiger partial charge on any atom is 0.330 e. The fourth-order valence-electron chi connectivity index (χ4n) is 8.59. The van der Waals surface area contributed by atoms with Crippen LogP contribution in [0, 0.1) is 45.8 Å². The predicted molar refractivity (Wildman–Crippen MR) is 134 cm³/mol. The summed E-state index contributed by atoms with van der Waals surface area (Å²) in [6, 6.07) is 0.